The number of phenols is 1. The van der Waals surface area contributed by atoms with Crippen molar-refractivity contribution in [2.45, 2.75) is 11.8 Å². The number of nitrogens with zero attached hydrogens (tertiary/aromatic N) is 1. The van der Waals surface area contributed by atoms with E-state index in [9.17, 15) is 13.5 Å². The normalized spacial score (nSPS) is 11.2. The highest BCUT2D eigenvalue weighted by molar-refractivity contribution is 7.87. The third kappa shape index (κ3) is 2.78. The van der Waals surface area contributed by atoms with E-state index in [0.29, 0.717) is 5.56 Å². The molecule has 18 heavy (non-hydrogen) atoms. The van der Waals surface area contributed by atoms with Crippen LogP contribution in [-0.4, -0.2) is 18.5 Å². The first-order chi connectivity index (χ1) is 8.47. The number of hydrogen-bond acceptors (Lipinski definition) is 5. The number of aryl methyl sites for hydroxylation is 1. The maximum Gasteiger partial charge on any atom is 0.340 e. The molecule has 0 bridgehead atoms. The number of rotatable bonds is 3. The van der Waals surface area contributed by atoms with Crippen molar-refractivity contribution in [3.05, 3.63) is 48.3 Å². The number of aromatic hydroxyl groups is 1. The Bertz CT molecular complexity index is 633. The van der Waals surface area contributed by atoms with Crippen LogP contribution in [0.1, 0.15) is 5.56 Å². The minimum atomic E-state index is -3.92. The molecule has 0 aliphatic rings. The molecule has 0 fully saturated rings. The second-order valence-corrected chi connectivity index (χ2v) is 5.28. The first-order valence-electron chi connectivity index (χ1n) is 5.12. The lowest BCUT2D eigenvalue weighted by Crippen LogP contribution is -2.09. The largest absolute Gasteiger partial charge is 0.508 e. The fourth-order valence-corrected chi connectivity index (χ4v) is 2.33. The Kier molecular flexibility index (Phi) is 3.20. The molecule has 0 amide bonds. The van der Waals surface area contributed by atoms with E-state index in [1.807, 2.05) is 0 Å². The van der Waals surface area contributed by atoms with Crippen LogP contribution in [-0.2, 0) is 10.1 Å². The molecule has 2 aromatic rings. The Labute approximate surface area is 105 Å². The summed E-state index contributed by atoms with van der Waals surface area (Å²) >= 11 is 0. The Balaban J connectivity index is 2.34. The van der Waals surface area contributed by atoms with Gasteiger partial charge in [0.1, 0.15) is 16.4 Å². The second kappa shape index (κ2) is 4.66. The van der Waals surface area contributed by atoms with Crippen LogP contribution < -0.4 is 4.18 Å². The predicted molar refractivity (Wildman–Crippen MR) is 64.9 cm³/mol. The van der Waals surface area contributed by atoms with Crippen molar-refractivity contribution in [2.75, 3.05) is 0 Å². The molecule has 0 saturated heterocycles. The molecular formula is C12H11NO4S. The zero-order chi connectivity index (χ0) is 13.2. The summed E-state index contributed by atoms with van der Waals surface area (Å²) in [6.45, 7) is 1.73. The van der Waals surface area contributed by atoms with Gasteiger partial charge in [-0.25, -0.2) is 0 Å². The van der Waals surface area contributed by atoms with E-state index in [4.69, 9.17) is 4.18 Å². The van der Waals surface area contributed by atoms with Crippen molar-refractivity contribution in [3.63, 3.8) is 0 Å². The molecule has 2 rings (SSSR count). The Morgan fingerprint density at radius 1 is 1.28 bits per heavy atom. The van der Waals surface area contributed by atoms with Gasteiger partial charge in [-0.1, -0.05) is 0 Å². The van der Waals surface area contributed by atoms with E-state index in [2.05, 4.69) is 4.98 Å². The van der Waals surface area contributed by atoms with Crippen LogP contribution in [0.25, 0.3) is 0 Å². The number of hydrogen-bond donors (Lipinski definition) is 1. The molecular weight excluding hydrogens is 254 g/mol. The van der Waals surface area contributed by atoms with Crippen molar-refractivity contribution in [1.82, 2.24) is 4.98 Å². The zero-order valence-electron chi connectivity index (χ0n) is 9.57. The SMILES string of the molecule is Cc1cc(O)cc(OS(=O)(=O)c2cccnc2)c1. The highest BCUT2D eigenvalue weighted by Crippen LogP contribution is 2.24. The third-order valence-corrected chi connectivity index (χ3v) is 3.40. The topological polar surface area (TPSA) is 76.5 Å². The summed E-state index contributed by atoms with van der Waals surface area (Å²) in [5.41, 5.74) is 0.700. The van der Waals surface area contributed by atoms with Crippen molar-refractivity contribution in [2.24, 2.45) is 0 Å². The van der Waals surface area contributed by atoms with Gasteiger partial charge in [-0.15, -0.1) is 0 Å². The number of benzene rings is 1. The standard InChI is InChI=1S/C12H11NO4S/c1-9-5-10(14)7-11(6-9)17-18(15,16)12-3-2-4-13-8-12/h2-8,14H,1H3. The van der Waals surface area contributed by atoms with Gasteiger partial charge in [0.15, 0.2) is 0 Å². The highest BCUT2D eigenvalue weighted by atomic mass is 32.2. The molecule has 0 aliphatic carbocycles. The molecule has 1 heterocycles. The molecule has 0 saturated carbocycles. The van der Waals surface area contributed by atoms with Crippen molar-refractivity contribution in [3.8, 4) is 11.5 Å². The summed E-state index contributed by atoms with van der Waals surface area (Å²) in [7, 11) is -3.92. The van der Waals surface area contributed by atoms with Gasteiger partial charge in [0.05, 0.1) is 0 Å². The predicted octanol–water partition coefficient (Wildman–Crippen LogP) is 1.86. The van der Waals surface area contributed by atoms with Crippen molar-refractivity contribution >= 4 is 10.1 Å². The number of aromatic nitrogens is 1. The first-order valence-corrected chi connectivity index (χ1v) is 6.53. The lowest BCUT2D eigenvalue weighted by Gasteiger charge is -2.07. The Morgan fingerprint density at radius 2 is 2.06 bits per heavy atom. The van der Waals surface area contributed by atoms with Gasteiger partial charge in [0.2, 0.25) is 0 Å². The molecule has 0 radical (unpaired) electrons. The quantitative estimate of drug-likeness (QED) is 0.857. The van der Waals surface area contributed by atoms with E-state index >= 15 is 0 Å². The molecule has 0 atom stereocenters. The minimum Gasteiger partial charge on any atom is -0.508 e. The van der Waals surface area contributed by atoms with Crippen LogP contribution in [0.15, 0.2) is 47.6 Å². The van der Waals surface area contributed by atoms with Crippen LogP contribution in [0.2, 0.25) is 0 Å². The molecule has 1 aromatic heterocycles. The second-order valence-electron chi connectivity index (χ2n) is 3.73. The Hall–Kier alpha value is -2.08. The van der Waals surface area contributed by atoms with Crippen LogP contribution in [0.5, 0.6) is 11.5 Å². The van der Waals surface area contributed by atoms with Crippen LogP contribution in [0.4, 0.5) is 0 Å². The fraction of sp³-hybridized carbons (Fsp3) is 0.0833. The summed E-state index contributed by atoms with van der Waals surface area (Å²) < 4.78 is 28.7. The lowest BCUT2D eigenvalue weighted by atomic mass is 10.2. The van der Waals surface area contributed by atoms with E-state index in [1.165, 1.54) is 42.7 Å². The maximum absolute atomic E-state index is 11.9. The Morgan fingerprint density at radius 3 is 2.67 bits per heavy atom. The highest BCUT2D eigenvalue weighted by Gasteiger charge is 2.17. The number of phenolic OH excluding ortho intramolecular Hbond substituents is 1. The van der Waals surface area contributed by atoms with E-state index < -0.39 is 10.1 Å². The maximum atomic E-state index is 11.9. The molecule has 6 heteroatoms. The van der Waals surface area contributed by atoms with Gasteiger partial charge in [0, 0.05) is 18.5 Å². The average molecular weight is 265 g/mol. The fourth-order valence-electron chi connectivity index (χ4n) is 1.45. The summed E-state index contributed by atoms with van der Waals surface area (Å²) in [6, 6.07) is 7.15. The third-order valence-electron chi connectivity index (χ3n) is 2.16. The minimum absolute atomic E-state index is 0.0361. The smallest absolute Gasteiger partial charge is 0.340 e. The van der Waals surface area contributed by atoms with Gasteiger partial charge in [0.25, 0.3) is 0 Å². The molecule has 1 N–H and O–H groups in total. The summed E-state index contributed by atoms with van der Waals surface area (Å²) in [5, 5.41) is 9.37. The summed E-state index contributed by atoms with van der Waals surface area (Å²) in [4.78, 5) is 3.68. The van der Waals surface area contributed by atoms with Gasteiger partial charge in [-0.2, -0.15) is 8.42 Å². The average Bonchev–Trinajstić information content (AvgIpc) is 2.28. The molecule has 0 unspecified atom stereocenters. The summed E-state index contributed by atoms with van der Waals surface area (Å²) in [6.07, 6.45) is 2.67. The molecule has 0 aliphatic heterocycles. The molecule has 0 spiro atoms. The summed E-state index contributed by atoms with van der Waals surface area (Å²) in [5.74, 6) is 0.0164. The van der Waals surface area contributed by atoms with Gasteiger partial charge < -0.3 is 9.29 Å². The first kappa shape index (κ1) is 12.4. The van der Waals surface area contributed by atoms with E-state index in [-0.39, 0.29) is 16.4 Å². The number of pyridine rings is 1. The van der Waals surface area contributed by atoms with Crippen LogP contribution >= 0.6 is 0 Å². The van der Waals surface area contributed by atoms with Crippen LogP contribution in [0, 0.1) is 6.92 Å². The molecule has 94 valence electrons. The lowest BCUT2D eigenvalue weighted by molar-refractivity contribution is 0.463. The zero-order valence-corrected chi connectivity index (χ0v) is 10.4. The van der Waals surface area contributed by atoms with Gasteiger partial charge in [-0.05, 0) is 36.8 Å². The van der Waals surface area contributed by atoms with E-state index in [1.54, 1.807) is 6.92 Å². The van der Waals surface area contributed by atoms with Gasteiger partial charge >= 0.3 is 10.1 Å². The van der Waals surface area contributed by atoms with Crippen molar-refractivity contribution in [1.29, 1.82) is 0 Å². The molecule has 1 aromatic carbocycles. The molecule has 5 nitrogen and oxygen atoms in total. The van der Waals surface area contributed by atoms with E-state index in [0.717, 1.165) is 0 Å². The monoisotopic (exact) mass is 265 g/mol. The van der Waals surface area contributed by atoms with Crippen LogP contribution in [0.3, 0.4) is 0 Å². The van der Waals surface area contributed by atoms with Crippen molar-refractivity contribution < 1.29 is 17.7 Å². The van der Waals surface area contributed by atoms with Gasteiger partial charge in [-0.3, -0.25) is 4.98 Å².